The lowest BCUT2D eigenvalue weighted by molar-refractivity contribution is -0.0882. The molecule has 134 valence electrons. The van der Waals surface area contributed by atoms with Gasteiger partial charge in [-0.05, 0) is 17.7 Å². The van der Waals surface area contributed by atoms with E-state index in [1.165, 1.54) is 11.9 Å². The number of rotatable bonds is 4. The molecule has 3 rings (SSSR count). The van der Waals surface area contributed by atoms with Crippen molar-refractivity contribution in [1.29, 1.82) is 0 Å². The van der Waals surface area contributed by atoms with Crippen molar-refractivity contribution in [2.45, 2.75) is 12.7 Å². The van der Waals surface area contributed by atoms with E-state index in [1.807, 2.05) is 0 Å². The molecule has 6 nitrogen and oxygen atoms in total. The minimum absolute atomic E-state index is 0.180. The SMILES string of the molecule is CN(Cc1ccc2nccnc2c1)C(=O)c1ncc(C(=O)C(F)(F)F)s1. The normalized spacial score (nSPS) is 11.5. The summed E-state index contributed by atoms with van der Waals surface area (Å²) in [5.74, 6) is -2.58. The number of alkyl halides is 3. The summed E-state index contributed by atoms with van der Waals surface area (Å²) in [7, 11) is 1.50. The highest BCUT2D eigenvalue weighted by atomic mass is 32.1. The van der Waals surface area contributed by atoms with Gasteiger partial charge in [0.2, 0.25) is 0 Å². The number of carbonyl (C=O) groups excluding carboxylic acids is 2. The molecule has 0 radical (unpaired) electrons. The Labute approximate surface area is 149 Å². The molecule has 26 heavy (non-hydrogen) atoms. The molecule has 0 unspecified atom stereocenters. The summed E-state index contributed by atoms with van der Waals surface area (Å²) in [5, 5.41) is -0.180. The van der Waals surface area contributed by atoms with E-state index in [1.54, 1.807) is 30.6 Å². The van der Waals surface area contributed by atoms with Crippen LogP contribution in [0.4, 0.5) is 13.2 Å². The Bertz CT molecular complexity index is 987. The third-order valence-corrected chi connectivity index (χ3v) is 4.45. The lowest BCUT2D eigenvalue weighted by Crippen LogP contribution is -2.26. The average Bonchev–Trinajstić information content (AvgIpc) is 3.09. The Hall–Kier alpha value is -2.88. The lowest BCUT2D eigenvalue weighted by Gasteiger charge is -2.15. The molecule has 0 N–H and O–H groups in total. The van der Waals surface area contributed by atoms with Gasteiger partial charge in [-0.2, -0.15) is 13.2 Å². The van der Waals surface area contributed by atoms with Crippen LogP contribution in [0.25, 0.3) is 11.0 Å². The zero-order chi connectivity index (χ0) is 18.9. The number of ketones is 1. The monoisotopic (exact) mass is 380 g/mol. The second-order valence-corrected chi connectivity index (χ2v) is 6.43. The molecule has 2 aromatic heterocycles. The van der Waals surface area contributed by atoms with E-state index in [2.05, 4.69) is 15.0 Å². The Balaban J connectivity index is 1.75. The first-order chi connectivity index (χ1) is 12.3. The van der Waals surface area contributed by atoms with E-state index in [9.17, 15) is 22.8 Å². The van der Waals surface area contributed by atoms with E-state index >= 15 is 0 Å². The smallest absolute Gasteiger partial charge is 0.335 e. The summed E-state index contributed by atoms with van der Waals surface area (Å²) in [5.41, 5.74) is 2.15. The maximum absolute atomic E-state index is 12.4. The van der Waals surface area contributed by atoms with E-state index < -0.39 is 22.7 Å². The number of thiazole rings is 1. The first-order valence-electron chi connectivity index (χ1n) is 7.28. The van der Waals surface area contributed by atoms with E-state index in [4.69, 9.17) is 0 Å². The van der Waals surface area contributed by atoms with Gasteiger partial charge in [-0.3, -0.25) is 19.6 Å². The molecule has 1 aromatic carbocycles. The van der Waals surface area contributed by atoms with Crippen LogP contribution in [0.2, 0.25) is 0 Å². The van der Waals surface area contributed by atoms with Crippen molar-refractivity contribution in [2.75, 3.05) is 7.05 Å². The zero-order valence-electron chi connectivity index (χ0n) is 13.3. The summed E-state index contributed by atoms with van der Waals surface area (Å²) < 4.78 is 37.3. The topological polar surface area (TPSA) is 76.1 Å². The van der Waals surface area contributed by atoms with Crippen LogP contribution in [-0.2, 0) is 6.54 Å². The van der Waals surface area contributed by atoms with Crippen molar-refractivity contribution >= 4 is 34.1 Å². The summed E-state index contributed by atoms with van der Waals surface area (Å²) in [4.78, 5) is 36.2. The average molecular weight is 380 g/mol. The Morgan fingerprint density at radius 2 is 1.81 bits per heavy atom. The number of hydrogen-bond acceptors (Lipinski definition) is 6. The minimum Gasteiger partial charge on any atom is -0.335 e. The maximum Gasteiger partial charge on any atom is 0.455 e. The summed E-state index contributed by atoms with van der Waals surface area (Å²) in [6, 6.07) is 5.31. The summed E-state index contributed by atoms with van der Waals surface area (Å²) in [6.45, 7) is 0.202. The van der Waals surface area contributed by atoms with Crippen molar-refractivity contribution in [3.63, 3.8) is 0 Å². The van der Waals surface area contributed by atoms with Crippen LogP contribution in [0.15, 0.2) is 36.8 Å². The number of amides is 1. The van der Waals surface area contributed by atoms with Crippen LogP contribution >= 0.6 is 11.3 Å². The molecule has 10 heteroatoms. The van der Waals surface area contributed by atoms with E-state index in [0.29, 0.717) is 22.4 Å². The highest BCUT2D eigenvalue weighted by molar-refractivity contribution is 7.15. The molecule has 0 bridgehead atoms. The van der Waals surface area contributed by atoms with Crippen LogP contribution in [0.3, 0.4) is 0 Å². The van der Waals surface area contributed by atoms with Crippen LogP contribution in [-0.4, -0.2) is 44.8 Å². The van der Waals surface area contributed by atoms with Crippen LogP contribution in [0, 0.1) is 0 Å². The first kappa shape index (κ1) is 17.9. The fraction of sp³-hybridized carbons (Fsp3) is 0.188. The number of fused-ring (bicyclic) bond motifs is 1. The molecule has 2 heterocycles. The van der Waals surface area contributed by atoms with Gasteiger partial charge in [-0.15, -0.1) is 11.3 Å². The largest absolute Gasteiger partial charge is 0.455 e. The lowest BCUT2D eigenvalue weighted by atomic mass is 10.2. The van der Waals surface area contributed by atoms with E-state index in [-0.39, 0.29) is 11.6 Å². The third kappa shape index (κ3) is 3.69. The van der Waals surface area contributed by atoms with Gasteiger partial charge in [0, 0.05) is 26.0 Å². The summed E-state index contributed by atoms with van der Waals surface area (Å²) in [6.07, 6.45) is -1.10. The minimum atomic E-state index is -5.00. The second kappa shape index (κ2) is 6.79. The third-order valence-electron chi connectivity index (χ3n) is 3.47. The molecule has 3 aromatic rings. The number of Topliss-reactive ketones (excluding diaryl/α,β-unsaturated/α-hetero) is 1. The van der Waals surface area contributed by atoms with Crippen molar-refractivity contribution < 1.29 is 22.8 Å². The number of nitrogens with zero attached hydrogens (tertiary/aromatic N) is 4. The van der Waals surface area contributed by atoms with Gasteiger partial charge in [-0.25, -0.2) is 4.98 Å². The fourth-order valence-corrected chi connectivity index (χ4v) is 3.10. The summed E-state index contributed by atoms with van der Waals surface area (Å²) >= 11 is 0.423. The van der Waals surface area contributed by atoms with Crippen LogP contribution in [0.1, 0.15) is 25.0 Å². The van der Waals surface area contributed by atoms with Gasteiger partial charge >= 0.3 is 6.18 Å². The van der Waals surface area contributed by atoms with Crippen molar-refractivity contribution in [3.8, 4) is 0 Å². The maximum atomic E-state index is 12.4. The predicted octanol–water partition coefficient (Wildman–Crippen LogP) is 3.10. The molecule has 0 atom stereocenters. The second-order valence-electron chi connectivity index (χ2n) is 5.40. The van der Waals surface area contributed by atoms with Crippen LogP contribution in [0.5, 0.6) is 0 Å². The Morgan fingerprint density at radius 1 is 1.12 bits per heavy atom. The molecule has 0 aliphatic rings. The quantitative estimate of drug-likeness (QED) is 0.650. The molecular weight excluding hydrogens is 369 g/mol. The highest BCUT2D eigenvalue weighted by Crippen LogP contribution is 2.25. The van der Waals surface area contributed by atoms with Crippen molar-refractivity contribution in [3.05, 3.63) is 52.2 Å². The predicted molar refractivity (Wildman–Crippen MR) is 87.8 cm³/mol. The number of hydrogen-bond donors (Lipinski definition) is 0. The standard InChI is InChI=1S/C16H11F3N4O2S/c1-23(8-9-2-3-10-11(6-9)21-5-4-20-10)15(25)14-22-7-12(26-14)13(24)16(17,18)19/h2-7H,8H2,1H3. The Morgan fingerprint density at radius 3 is 2.50 bits per heavy atom. The molecule has 0 aliphatic carbocycles. The number of aromatic nitrogens is 3. The number of benzene rings is 1. The van der Waals surface area contributed by atoms with Gasteiger partial charge in [0.25, 0.3) is 11.7 Å². The van der Waals surface area contributed by atoms with Gasteiger partial charge < -0.3 is 4.90 Å². The van der Waals surface area contributed by atoms with Gasteiger partial charge in [-0.1, -0.05) is 6.07 Å². The molecule has 0 saturated carbocycles. The van der Waals surface area contributed by atoms with Gasteiger partial charge in [0.1, 0.15) is 4.88 Å². The van der Waals surface area contributed by atoms with Gasteiger partial charge in [0.15, 0.2) is 5.01 Å². The first-order valence-corrected chi connectivity index (χ1v) is 8.10. The molecule has 0 aliphatic heterocycles. The Kier molecular flexibility index (Phi) is 4.68. The molecular formula is C16H11F3N4O2S. The van der Waals surface area contributed by atoms with Gasteiger partial charge in [0.05, 0.1) is 17.2 Å². The van der Waals surface area contributed by atoms with Crippen LogP contribution < -0.4 is 0 Å². The molecule has 1 amide bonds. The van der Waals surface area contributed by atoms with Crippen molar-refractivity contribution in [1.82, 2.24) is 19.9 Å². The van der Waals surface area contributed by atoms with Crippen molar-refractivity contribution in [2.24, 2.45) is 0 Å². The number of carbonyl (C=O) groups is 2. The zero-order valence-corrected chi connectivity index (χ0v) is 14.1. The molecule has 0 saturated heterocycles. The highest BCUT2D eigenvalue weighted by Gasteiger charge is 2.40. The molecule has 0 spiro atoms. The molecule has 0 fully saturated rings. The fourth-order valence-electron chi connectivity index (χ4n) is 2.23. The van der Waals surface area contributed by atoms with E-state index in [0.717, 1.165) is 11.8 Å². The number of halogens is 3.